The number of hydrogen-bond acceptors (Lipinski definition) is 0. The maximum absolute atomic E-state index is 6.04. The van der Waals surface area contributed by atoms with Crippen molar-refractivity contribution in [3.8, 4) is 0 Å². The fraction of sp³-hybridized carbons (Fsp3) is 0.750. The van der Waals surface area contributed by atoms with Crippen LogP contribution in [-0.2, 0) is 0 Å². The summed E-state index contributed by atoms with van der Waals surface area (Å²) in [5.74, 6) is 0.466. The van der Waals surface area contributed by atoms with E-state index in [1.54, 1.807) is 0 Å². The Kier molecular flexibility index (Phi) is 3.06. The zero-order chi connectivity index (χ0) is 7.56. The van der Waals surface area contributed by atoms with E-state index in [0.717, 1.165) is 12.8 Å². The minimum Gasteiger partial charge on any atom is -0.122 e. The topological polar surface area (TPSA) is 0 Å². The zero-order valence-corrected chi connectivity index (χ0v) is 7.57. The second-order valence-corrected chi connectivity index (χ2v) is 3.76. The molecule has 0 aromatic heterocycles. The first-order chi connectivity index (χ1) is 4.75. The molecule has 0 amide bonds. The summed E-state index contributed by atoms with van der Waals surface area (Å²) in [6.07, 6.45) is 6.17. The highest BCUT2D eigenvalue weighted by Gasteiger charge is 2.25. The van der Waals surface area contributed by atoms with Crippen molar-refractivity contribution in [1.29, 1.82) is 0 Å². The predicted octanol–water partition coefficient (Wildman–Crippen LogP) is 3.19. The fourth-order valence-electron chi connectivity index (χ4n) is 1.34. The molecule has 0 saturated carbocycles. The Hall–Kier alpha value is 0.320. The molecule has 2 heteroatoms. The van der Waals surface area contributed by atoms with Crippen LogP contribution < -0.4 is 0 Å². The molecule has 0 aromatic rings. The molecule has 2 unspecified atom stereocenters. The molecule has 0 radical (unpaired) electrons. The summed E-state index contributed by atoms with van der Waals surface area (Å²) < 4.78 is 0. The van der Waals surface area contributed by atoms with E-state index < -0.39 is 0 Å². The Morgan fingerprint density at radius 1 is 1.50 bits per heavy atom. The summed E-state index contributed by atoms with van der Waals surface area (Å²) in [7, 11) is 0. The first-order valence-electron chi connectivity index (χ1n) is 3.70. The maximum atomic E-state index is 6.04. The molecule has 10 heavy (non-hydrogen) atoms. The third-order valence-electron chi connectivity index (χ3n) is 2.03. The molecule has 0 aromatic carbocycles. The van der Waals surface area contributed by atoms with E-state index in [0.29, 0.717) is 5.92 Å². The van der Waals surface area contributed by atoms with Crippen LogP contribution in [-0.4, -0.2) is 10.8 Å². The van der Waals surface area contributed by atoms with E-state index in [-0.39, 0.29) is 10.8 Å². The van der Waals surface area contributed by atoms with Gasteiger partial charge in [0.25, 0.3) is 0 Å². The lowest BCUT2D eigenvalue weighted by Gasteiger charge is -2.26. The van der Waals surface area contributed by atoms with Gasteiger partial charge in [-0.25, -0.2) is 0 Å². The first-order valence-corrected chi connectivity index (χ1v) is 4.57. The van der Waals surface area contributed by atoms with Crippen molar-refractivity contribution in [3.63, 3.8) is 0 Å². The lowest BCUT2D eigenvalue weighted by Crippen LogP contribution is -2.25. The van der Waals surface area contributed by atoms with Gasteiger partial charge in [0.05, 0.1) is 5.38 Å². The molecule has 0 spiro atoms. The molecule has 0 bridgehead atoms. The van der Waals surface area contributed by atoms with E-state index in [1.165, 1.54) is 0 Å². The fourth-order valence-corrected chi connectivity index (χ4v) is 2.31. The van der Waals surface area contributed by atoms with Gasteiger partial charge in [-0.1, -0.05) is 25.5 Å². The SMILES string of the molecule is CC[C@@H]1C(Cl)C=CCC1Cl. The van der Waals surface area contributed by atoms with Crippen LogP contribution in [0.15, 0.2) is 12.2 Å². The summed E-state index contributed by atoms with van der Waals surface area (Å²) in [6.45, 7) is 2.13. The third-order valence-corrected chi connectivity index (χ3v) is 3.00. The molecule has 3 atom stereocenters. The van der Waals surface area contributed by atoms with E-state index in [4.69, 9.17) is 23.2 Å². The van der Waals surface area contributed by atoms with Crippen molar-refractivity contribution in [1.82, 2.24) is 0 Å². The van der Waals surface area contributed by atoms with Crippen LogP contribution in [0.2, 0.25) is 0 Å². The number of alkyl halides is 2. The monoisotopic (exact) mass is 178 g/mol. The summed E-state index contributed by atoms with van der Waals surface area (Å²) in [4.78, 5) is 0. The van der Waals surface area contributed by atoms with Gasteiger partial charge in [-0.05, 0) is 12.3 Å². The van der Waals surface area contributed by atoms with Gasteiger partial charge in [-0.2, -0.15) is 0 Å². The third kappa shape index (κ3) is 1.67. The van der Waals surface area contributed by atoms with Crippen molar-refractivity contribution < 1.29 is 0 Å². The highest BCUT2D eigenvalue weighted by molar-refractivity contribution is 6.25. The molecule has 0 nitrogen and oxygen atoms in total. The van der Waals surface area contributed by atoms with Crippen LogP contribution in [0.3, 0.4) is 0 Å². The van der Waals surface area contributed by atoms with Crippen molar-refractivity contribution in [2.75, 3.05) is 0 Å². The minimum absolute atomic E-state index is 0.154. The summed E-state index contributed by atoms with van der Waals surface area (Å²) in [6, 6.07) is 0. The Morgan fingerprint density at radius 2 is 2.20 bits per heavy atom. The van der Waals surface area contributed by atoms with Gasteiger partial charge in [0.2, 0.25) is 0 Å². The second kappa shape index (κ2) is 3.64. The molecule has 0 saturated heterocycles. The van der Waals surface area contributed by atoms with Gasteiger partial charge in [-0.15, -0.1) is 23.2 Å². The highest BCUT2D eigenvalue weighted by Crippen LogP contribution is 2.30. The summed E-state index contributed by atoms with van der Waals surface area (Å²) in [5.41, 5.74) is 0. The standard InChI is InChI=1S/C8H12Cl2/c1-2-6-7(9)4-3-5-8(6)10/h3-4,6-8H,2,5H2,1H3/t6-,7?,8?/m1/s1. The maximum Gasteiger partial charge on any atom is 0.0558 e. The van der Waals surface area contributed by atoms with Gasteiger partial charge in [-0.3, -0.25) is 0 Å². The number of hydrogen-bond donors (Lipinski definition) is 0. The minimum atomic E-state index is 0.154. The Balaban J connectivity index is 2.58. The van der Waals surface area contributed by atoms with Crippen LogP contribution in [0.1, 0.15) is 19.8 Å². The molecular formula is C8H12Cl2. The molecule has 0 heterocycles. The average Bonchev–Trinajstić information content (AvgIpc) is 1.88. The van der Waals surface area contributed by atoms with Gasteiger partial charge in [0.15, 0.2) is 0 Å². The summed E-state index contributed by atoms with van der Waals surface area (Å²) >= 11 is 12.0. The van der Waals surface area contributed by atoms with E-state index in [2.05, 4.69) is 19.1 Å². The Morgan fingerprint density at radius 3 is 2.60 bits per heavy atom. The molecule has 1 aliphatic carbocycles. The van der Waals surface area contributed by atoms with Crippen molar-refractivity contribution in [3.05, 3.63) is 12.2 Å². The highest BCUT2D eigenvalue weighted by atomic mass is 35.5. The van der Waals surface area contributed by atoms with Gasteiger partial charge in [0, 0.05) is 5.38 Å². The lowest BCUT2D eigenvalue weighted by molar-refractivity contribution is 0.479. The van der Waals surface area contributed by atoms with E-state index in [9.17, 15) is 0 Å². The predicted molar refractivity (Wildman–Crippen MR) is 46.8 cm³/mol. The molecule has 0 N–H and O–H groups in total. The largest absolute Gasteiger partial charge is 0.122 e. The number of rotatable bonds is 1. The van der Waals surface area contributed by atoms with Crippen LogP contribution in [0, 0.1) is 5.92 Å². The van der Waals surface area contributed by atoms with Crippen molar-refractivity contribution in [2.45, 2.75) is 30.5 Å². The molecular weight excluding hydrogens is 167 g/mol. The van der Waals surface area contributed by atoms with Crippen molar-refractivity contribution >= 4 is 23.2 Å². The average molecular weight is 179 g/mol. The normalized spacial score (nSPS) is 40.1. The van der Waals surface area contributed by atoms with Crippen LogP contribution in [0.5, 0.6) is 0 Å². The Labute approximate surface area is 72.2 Å². The smallest absolute Gasteiger partial charge is 0.0558 e. The number of allylic oxidation sites excluding steroid dienone is 2. The van der Waals surface area contributed by atoms with Gasteiger partial charge >= 0.3 is 0 Å². The number of halogens is 2. The first kappa shape index (κ1) is 8.42. The lowest BCUT2D eigenvalue weighted by atomic mass is 9.91. The van der Waals surface area contributed by atoms with Gasteiger partial charge in [0.1, 0.15) is 0 Å². The zero-order valence-electron chi connectivity index (χ0n) is 6.06. The van der Waals surface area contributed by atoms with Gasteiger partial charge < -0.3 is 0 Å². The van der Waals surface area contributed by atoms with Crippen LogP contribution in [0.4, 0.5) is 0 Å². The quantitative estimate of drug-likeness (QED) is 0.428. The Bertz CT molecular complexity index is 131. The molecule has 0 aliphatic heterocycles. The van der Waals surface area contributed by atoms with E-state index in [1.807, 2.05) is 0 Å². The molecule has 1 aliphatic rings. The van der Waals surface area contributed by atoms with E-state index >= 15 is 0 Å². The van der Waals surface area contributed by atoms with Crippen LogP contribution in [0.25, 0.3) is 0 Å². The molecule has 58 valence electrons. The summed E-state index contributed by atoms with van der Waals surface area (Å²) in [5, 5.41) is 0.402. The molecule has 0 fully saturated rings. The van der Waals surface area contributed by atoms with Crippen LogP contribution >= 0.6 is 23.2 Å². The van der Waals surface area contributed by atoms with Crippen molar-refractivity contribution in [2.24, 2.45) is 5.92 Å². The second-order valence-electron chi connectivity index (χ2n) is 2.70. The molecule has 1 rings (SSSR count).